The lowest BCUT2D eigenvalue weighted by Gasteiger charge is -2.27. The van der Waals surface area contributed by atoms with Crippen molar-refractivity contribution in [1.29, 1.82) is 0 Å². The molecule has 0 bridgehead atoms. The first kappa shape index (κ1) is 17.8. The molecule has 1 atom stereocenters. The summed E-state index contributed by atoms with van der Waals surface area (Å²) in [4.78, 5) is 24.7. The maximum absolute atomic E-state index is 11.8. The van der Waals surface area contributed by atoms with Gasteiger partial charge in [0.15, 0.2) is 0 Å². The van der Waals surface area contributed by atoms with Crippen molar-refractivity contribution in [1.82, 2.24) is 4.90 Å². The molecule has 0 radical (unpaired) electrons. The molecule has 0 spiro atoms. The lowest BCUT2D eigenvalue weighted by molar-refractivity contribution is -0.145. The van der Waals surface area contributed by atoms with Crippen molar-refractivity contribution in [2.45, 2.75) is 77.4 Å². The molecule has 0 N–H and O–H groups in total. The molecule has 1 saturated carbocycles. The van der Waals surface area contributed by atoms with Crippen LogP contribution in [0.3, 0.4) is 0 Å². The van der Waals surface area contributed by atoms with E-state index in [9.17, 15) is 9.59 Å². The van der Waals surface area contributed by atoms with Gasteiger partial charge in [0.2, 0.25) is 0 Å². The minimum absolute atomic E-state index is 0.372. The summed E-state index contributed by atoms with van der Waals surface area (Å²) in [5, 5.41) is 0. The van der Waals surface area contributed by atoms with Gasteiger partial charge in [-0.05, 0) is 33.6 Å². The predicted molar refractivity (Wildman–Crippen MR) is 81.1 cm³/mol. The smallest absolute Gasteiger partial charge is 0.411 e. The van der Waals surface area contributed by atoms with Crippen molar-refractivity contribution in [2.75, 3.05) is 13.7 Å². The Morgan fingerprint density at radius 2 is 1.52 bits per heavy atom. The van der Waals surface area contributed by atoms with Crippen LogP contribution >= 0.6 is 0 Å². The molecule has 1 aliphatic heterocycles. The standard InChI is InChI=1S/C11H19NO4.C5H10/c1-11(2,3)16-10(14)12-7-5-6-8(12)9(13)15-4;1-2-4-5-3-1/h8H,5-7H2,1-4H3;1-5H2. The van der Waals surface area contributed by atoms with E-state index in [0.717, 1.165) is 6.42 Å². The molecule has 1 heterocycles. The summed E-state index contributed by atoms with van der Waals surface area (Å²) in [5.41, 5.74) is -0.541. The molecule has 2 aliphatic rings. The quantitative estimate of drug-likeness (QED) is 0.695. The lowest BCUT2D eigenvalue weighted by atomic mass is 10.2. The Labute approximate surface area is 128 Å². The van der Waals surface area contributed by atoms with Crippen molar-refractivity contribution in [3.05, 3.63) is 0 Å². The Hall–Kier alpha value is -1.26. The molecular formula is C16H29NO4. The van der Waals surface area contributed by atoms with Crippen LogP contribution in [0.25, 0.3) is 0 Å². The lowest BCUT2D eigenvalue weighted by Crippen LogP contribution is -2.43. The van der Waals surface area contributed by atoms with Gasteiger partial charge < -0.3 is 9.47 Å². The van der Waals surface area contributed by atoms with Crippen molar-refractivity contribution in [3.8, 4) is 0 Å². The van der Waals surface area contributed by atoms with Crippen molar-refractivity contribution in [2.24, 2.45) is 0 Å². The van der Waals surface area contributed by atoms with Crippen LogP contribution in [-0.2, 0) is 14.3 Å². The van der Waals surface area contributed by atoms with Gasteiger partial charge >= 0.3 is 12.1 Å². The van der Waals surface area contributed by atoms with E-state index in [1.807, 2.05) is 0 Å². The number of ether oxygens (including phenoxy) is 2. The average molecular weight is 299 g/mol. The van der Waals surface area contributed by atoms with Gasteiger partial charge in [-0.3, -0.25) is 4.90 Å². The summed E-state index contributed by atoms with van der Waals surface area (Å²) < 4.78 is 9.88. The monoisotopic (exact) mass is 299 g/mol. The molecule has 1 saturated heterocycles. The maximum atomic E-state index is 11.8. The largest absolute Gasteiger partial charge is 0.467 e. The van der Waals surface area contributed by atoms with Crippen LogP contribution in [-0.4, -0.2) is 42.3 Å². The maximum Gasteiger partial charge on any atom is 0.411 e. The van der Waals surface area contributed by atoms with Crippen LogP contribution in [0.4, 0.5) is 4.79 Å². The third kappa shape index (κ3) is 6.36. The van der Waals surface area contributed by atoms with Crippen LogP contribution in [0.1, 0.15) is 65.7 Å². The molecular weight excluding hydrogens is 270 g/mol. The summed E-state index contributed by atoms with van der Waals surface area (Å²) in [6.07, 6.45) is 8.51. The first-order chi connectivity index (χ1) is 9.85. The SMILES string of the molecule is C1CCCC1.COC(=O)C1CCCN1C(=O)OC(C)(C)C. The number of amides is 1. The molecule has 2 fully saturated rings. The molecule has 5 heteroatoms. The fourth-order valence-electron chi connectivity index (χ4n) is 2.57. The van der Waals surface area contributed by atoms with E-state index in [0.29, 0.717) is 13.0 Å². The first-order valence-electron chi connectivity index (χ1n) is 7.92. The van der Waals surface area contributed by atoms with Gasteiger partial charge in [-0.25, -0.2) is 9.59 Å². The Kier molecular flexibility index (Phi) is 6.99. The van der Waals surface area contributed by atoms with Crippen molar-refractivity contribution in [3.63, 3.8) is 0 Å². The third-order valence-electron chi connectivity index (χ3n) is 3.60. The molecule has 0 aromatic rings. The molecule has 21 heavy (non-hydrogen) atoms. The second-order valence-corrected chi connectivity index (χ2v) is 6.62. The minimum Gasteiger partial charge on any atom is -0.467 e. The number of esters is 1. The Morgan fingerprint density at radius 3 is 1.95 bits per heavy atom. The number of carbonyl (C=O) groups excluding carboxylic acids is 2. The Balaban J connectivity index is 0.000000369. The van der Waals surface area contributed by atoms with Gasteiger partial charge in [0.25, 0.3) is 0 Å². The molecule has 122 valence electrons. The van der Waals surface area contributed by atoms with E-state index >= 15 is 0 Å². The fraction of sp³-hybridized carbons (Fsp3) is 0.875. The molecule has 2 rings (SSSR count). The van der Waals surface area contributed by atoms with E-state index in [2.05, 4.69) is 4.74 Å². The highest BCUT2D eigenvalue weighted by atomic mass is 16.6. The van der Waals surface area contributed by atoms with E-state index < -0.39 is 17.7 Å². The van der Waals surface area contributed by atoms with Crippen LogP contribution in [0.2, 0.25) is 0 Å². The highest BCUT2D eigenvalue weighted by molar-refractivity contribution is 5.82. The van der Waals surface area contributed by atoms with Crippen LogP contribution in [0.15, 0.2) is 0 Å². The first-order valence-corrected chi connectivity index (χ1v) is 7.92. The fourth-order valence-corrected chi connectivity index (χ4v) is 2.57. The van der Waals surface area contributed by atoms with Gasteiger partial charge in [-0.15, -0.1) is 0 Å². The zero-order chi connectivity index (χ0) is 15.9. The highest BCUT2D eigenvalue weighted by Crippen LogP contribution is 2.21. The number of hydrogen-bond acceptors (Lipinski definition) is 4. The van der Waals surface area contributed by atoms with Gasteiger partial charge in [0.1, 0.15) is 11.6 Å². The van der Waals surface area contributed by atoms with E-state index in [1.165, 1.54) is 44.1 Å². The minimum atomic E-state index is -0.541. The number of likely N-dealkylation sites (tertiary alicyclic amines) is 1. The number of carbonyl (C=O) groups is 2. The number of hydrogen-bond donors (Lipinski definition) is 0. The van der Waals surface area contributed by atoms with Crippen LogP contribution in [0.5, 0.6) is 0 Å². The molecule has 1 aliphatic carbocycles. The number of nitrogens with zero attached hydrogens (tertiary/aromatic N) is 1. The molecule has 0 aromatic heterocycles. The summed E-state index contributed by atoms with van der Waals surface area (Å²) in [6.45, 7) is 5.95. The van der Waals surface area contributed by atoms with E-state index in [1.54, 1.807) is 20.8 Å². The number of methoxy groups -OCH3 is 1. The van der Waals surface area contributed by atoms with Gasteiger partial charge in [0, 0.05) is 6.54 Å². The third-order valence-corrected chi connectivity index (χ3v) is 3.60. The van der Waals surface area contributed by atoms with E-state index in [-0.39, 0.29) is 5.97 Å². The Bertz CT molecular complexity index is 337. The predicted octanol–water partition coefficient (Wildman–Crippen LogP) is 3.51. The molecule has 1 amide bonds. The summed E-state index contributed by atoms with van der Waals surface area (Å²) in [6, 6.07) is -0.486. The average Bonchev–Trinajstić information content (AvgIpc) is 3.09. The summed E-state index contributed by atoms with van der Waals surface area (Å²) >= 11 is 0. The van der Waals surface area contributed by atoms with E-state index in [4.69, 9.17) is 4.74 Å². The zero-order valence-corrected chi connectivity index (χ0v) is 13.8. The molecule has 0 aromatic carbocycles. The molecule has 5 nitrogen and oxygen atoms in total. The summed E-state index contributed by atoms with van der Waals surface area (Å²) in [5.74, 6) is -0.372. The topological polar surface area (TPSA) is 55.8 Å². The van der Waals surface area contributed by atoms with Crippen LogP contribution in [0, 0.1) is 0 Å². The highest BCUT2D eigenvalue weighted by Gasteiger charge is 2.37. The summed E-state index contributed by atoms with van der Waals surface area (Å²) in [7, 11) is 1.33. The van der Waals surface area contributed by atoms with Crippen molar-refractivity contribution >= 4 is 12.1 Å². The second-order valence-electron chi connectivity index (χ2n) is 6.62. The van der Waals surface area contributed by atoms with Crippen LogP contribution < -0.4 is 0 Å². The zero-order valence-electron chi connectivity index (χ0n) is 13.8. The second kappa shape index (κ2) is 8.25. The van der Waals surface area contributed by atoms with Crippen molar-refractivity contribution < 1.29 is 19.1 Å². The molecule has 1 unspecified atom stereocenters. The van der Waals surface area contributed by atoms with Gasteiger partial charge in [0.05, 0.1) is 7.11 Å². The number of rotatable bonds is 1. The van der Waals surface area contributed by atoms with Gasteiger partial charge in [-0.1, -0.05) is 32.1 Å². The van der Waals surface area contributed by atoms with Gasteiger partial charge in [-0.2, -0.15) is 0 Å². The Morgan fingerprint density at radius 1 is 1.00 bits per heavy atom. The normalized spacial score (nSPS) is 21.5.